The summed E-state index contributed by atoms with van der Waals surface area (Å²) in [5.41, 5.74) is 6.85. The number of carbonyl (C=O) groups excluding carboxylic acids is 2. The van der Waals surface area contributed by atoms with E-state index in [0.29, 0.717) is 34.8 Å². The molecule has 24 heteroatoms. The first-order chi connectivity index (χ1) is 42.1. The molecule has 4 saturated heterocycles. The Balaban J connectivity index is 0.000000172. The van der Waals surface area contributed by atoms with Crippen molar-refractivity contribution in [1.82, 2.24) is 48.4 Å². The number of benzene rings is 3. The highest BCUT2D eigenvalue weighted by molar-refractivity contribution is 7.90. The van der Waals surface area contributed by atoms with Crippen molar-refractivity contribution in [2.75, 3.05) is 114 Å². The molecule has 8 heterocycles. The first kappa shape index (κ1) is 60.6. The van der Waals surface area contributed by atoms with E-state index < -0.39 is 43.1 Å². The maximum atomic E-state index is 13.9. The van der Waals surface area contributed by atoms with Gasteiger partial charge in [0.2, 0.25) is 20.0 Å². The van der Waals surface area contributed by atoms with Crippen LogP contribution in [0.3, 0.4) is 0 Å². The molecule has 20 nitrogen and oxygen atoms in total. The number of piperidine rings is 2. The van der Waals surface area contributed by atoms with Crippen molar-refractivity contribution in [2.24, 2.45) is 0 Å². The van der Waals surface area contributed by atoms with E-state index in [2.05, 4.69) is 24.3 Å². The highest BCUT2D eigenvalue weighted by Crippen LogP contribution is 2.45. The van der Waals surface area contributed by atoms with Crippen LogP contribution in [0.2, 0.25) is 0 Å². The van der Waals surface area contributed by atoms with Crippen LogP contribution >= 0.6 is 0 Å². The molecule has 3 aromatic carbocycles. The van der Waals surface area contributed by atoms with E-state index in [1.165, 1.54) is 42.7 Å². The lowest BCUT2D eigenvalue weighted by Gasteiger charge is -2.41. The minimum absolute atomic E-state index is 0.0834. The molecule has 0 bridgehead atoms. The van der Waals surface area contributed by atoms with Gasteiger partial charge in [0, 0.05) is 89.9 Å². The Morgan fingerprint density at radius 3 is 1.38 bits per heavy atom. The minimum Gasteiger partial charge on any atom is -0.379 e. The Hall–Kier alpha value is -6.64. The summed E-state index contributed by atoms with van der Waals surface area (Å²) in [5, 5.41) is 11.8. The smallest absolute Gasteiger partial charge is 0.221 e. The molecule has 2 aliphatic carbocycles. The number of rotatable bonds is 18. The molecular weight excluding hydrogens is 1150 g/mol. The maximum absolute atomic E-state index is 13.9. The fourth-order valence-corrected chi connectivity index (χ4v) is 14.6. The molecule has 7 aromatic rings. The van der Waals surface area contributed by atoms with E-state index in [1.807, 2.05) is 30.3 Å². The molecule has 0 radical (unpaired) electrons. The third kappa shape index (κ3) is 13.4. The second-order valence-electron chi connectivity index (χ2n) is 23.8. The Labute approximate surface area is 506 Å². The number of ketones is 2. The monoisotopic (exact) mass is 1230 g/mol. The average molecular weight is 1230 g/mol. The van der Waals surface area contributed by atoms with E-state index in [4.69, 9.17) is 29.6 Å². The average Bonchev–Trinajstić information content (AvgIpc) is 1.96. The predicted octanol–water partition coefficient (Wildman–Crippen LogP) is 7.63. The van der Waals surface area contributed by atoms with Crippen LogP contribution in [0.1, 0.15) is 114 Å². The number of nitrogens with zero attached hydrogens (tertiary/aromatic N) is 11. The second kappa shape index (κ2) is 26.2. The van der Waals surface area contributed by atoms with Crippen molar-refractivity contribution >= 4 is 65.1 Å². The molecule has 4 aliphatic heterocycles. The molecule has 0 atom stereocenters. The molecule has 6 fully saturated rings. The number of sulfonamides is 2. The molecule has 0 unspecified atom stereocenters. The number of Topliss-reactive ketones (excluding diaryl/α,β-unsaturated/α-hetero) is 2. The van der Waals surface area contributed by atoms with Crippen LogP contribution in [0.15, 0.2) is 91.0 Å². The summed E-state index contributed by atoms with van der Waals surface area (Å²) < 4.78 is 97.0. The number of nitrogens with one attached hydrogen (secondary N) is 1. The van der Waals surface area contributed by atoms with E-state index in [0.717, 1.165) is 182 Å². The SMILES string of the molecule is CN(Cc1ccccc1)S(=O)(=O)CC(=O)c1cc(N2CCC(N3CCOCC3)CC2)c2c(C3CCC3)nn(-c3ccc(F)cc3)c2n1.CNS(=O)(=O)CC(=O)c1cc(N2CCC(N3CCOCC3)CC2)c2c(C3CCC3)nn(-c3ccc(F)cc3)c2n1. The number of ether oxygens (including phenoxy) is 2. The Morgan fingerprint density at radius 2 is 0.989 bits per heavy atom. The van der Waals surface area contributed by atoms with Gasteiger partial charge in [0.15, 0.2) is 22.9 Å². The van der Waals surface area contributed by atoms with E-state index >= 15 is 0 Å². The van der Waals surface area contributed by atoms with Gasteiger partial charge in [0.1, 0.15) is 34.5 Å². The summed E-state index contributed by atoms with van der Waals surface area (Å²) in [7, 11) is -4.94. The van der Waals surface area contributed by atoms with Gasteiger partial charge in [-0.15, -0.1) is 0 Å². The lowest BCUT2D eigenvalue weighted by molar-refractivity contribution is 0.0115. The van der Waals surface area contributed by atoms with Crippen LogP contribution in [0.5, 0.6) is 0 Å². The molecule has 6 aliphatic rings. The number of morpholine rings is 2. The fourth-order valence-electron chi connectivity index (χ4n) is 12.9. The zero-order valence-electron chi connectivity index (χ0n) is 49.4. The van der Waals surface area contributed by atoms with Crippen LogP contribution in [0.4, 0.5) is 20.2 Å². The second-order valence-corrected chi connectivity index (χ2v) is 27.8. The number of pyridine rings is 2. The van der Waals surface area contributed by atoms with E-state index in [9.17, 15) is 35.2 Å². The molecule has 0 spiro atoms. The first-order valence-corrected chi connectivity index (χ1v) is 33.8. The summed E-state index contributed by atoms with van der Waals surface area (Å²) in [6.45, 7) is 10.1. The van der Waals surface area contributed by atoms with E-state index in [1.54, 1.807) is 45.8 Å². The van der Waals surface area contributed by atoms with Gasteiger partial charge in [-0.2, -0.15) is 10.2 Å². The summed E-state index contributed by atoms with van der Waals surface area (Å²) in [6.07, 6.45) is 10.2. The fraction of sp³-hybridized carbons (Fsp3) is 0.492. The summed E-state index contributed by atoms with van der Waals surface area (Å²) in [4.78, 5) is 46.3. The van der Waals surface area contributed by atoms with Crippen molar-refractivity contribution in [3.05, 3.63) is 131 Å². The van der Waals surface area contributed by atoms with E-state index in [-0.39, 0.29) is 41.4 Å². The molecule has 0 amide bonds. The van der Waals surface area contributed by atoms with Crippen molar-refractivity contribution in [2.45, 2.75) is 94.7 Å². The summed E-state index contributed by atoms with van der Waals surface area (Å²) in [5.74, 6) is -2.73. The molecule has 13 rings (SSSR count). The zero-order chi connectivity index (χ0) is 60.4. The number of hydrogen-bond acceptors (Lipinski definition) is 16. The largest absolute Gasteiger partial charge is 0.379 e. The van der Waals surface area contributed by atoms with Crippen LogP contribution in [-0.2, 0) is 36.1 Å². The first-order valence-electron chi connectivity index (χ1n) is 30.6. The van der Waals surface area contributed by atoms with Crippen molar-refractivity contribution in [3.63, 3.8) is 0 Å². The molecule has 87 heavy (non-hydrogen) atoms. The number of carbonyl (C=O) groups is 2. The molecule has 462 valence electrons. The summed E-state index contributed by atoms with van der Waals surface area (Å²) >= 11 is 0. The lowest BCUT2D eigenvalue weighted by Crippen LogP contribution is -2.49. The van der Waals surface area contributed by atoms with Gasteiger partial charge in [-0.1, -0.05) is 43.2 Å². The third-order valence-electron chi connectivity index (χ3n) is 18.4. The van der Waals surface area contributed by atoms with Crippen molar-refractivity contribution < 1.29 is 44.7 Å². The molecular formula is C63H76F2N12O8S2. The van der Waals surface area contributed by atoms with Crippen molar-refractivity contribution in [3.8, 4) is 11.4 Å². The number of hydrogen-bond donors (Lipinski definition) is 1. The number of anilines is 2. The standard InChI is InChI=1S/C35H41FN6O4S.C28H35FN6O4S/c1-39(23-25-6-3-2-4-7-25)47(44,45)24-32(43)30-22-31(41-16-14-28(15-17-41)40-18-20-46-21-19-40)33-34(26-8-5-9-26)38-42(35(33)37-30)29-12-10-27(36)11-13-29;1-30-40(37,38)18-25(36)23-17-24(34-11-9-21(10-12-34)33-13-15-39-16-14-33)26-27(19-3-2-4-19)32-35(28(26)31-23)22-7-5-20(29)6-8-22/h2-4,6-7,10-13,22,26,28H,5,8-9,14-21,23-24H2,1H3;5-8,17,19,21,30H,2-4,9-16,18H2,1H3. The minimum atomic E-state index is -3.94. The quantitative estimate of drug-likeness (QED) is 0.0819. The lowest BCUT2D eigenvalue weighted by atomic mass is 9.82. The Morgan fingerprint density at radius 1 is 0.575 bits per heavy atom. The molecule has 1 N–H and O–H groups in total. The van der Waals surface area contributed by atoms with Gasteiger partial charge in [0.25, 0.3) is 0 Å². The number of fused-ring (bicyclic) bond motifs is 2. The van der Waals surface area contributed by atoms with Gasteiger partial charge in [-0.05, 0) is 125 Å². The van der Waals surface area contributed by atoms with Gasteiger partial charge >= 0.3 is 0 Å². The molecule has 4 aromatic heterocycles. The van der Waals surface area contributed by atoms with Crippen LogP contribution in [-0.4, -0.2) is 189 Å². The zero-order valence-corrected chi connectivity index (χ0v) is 51.0. The predicted molar refractivity (Wildman–Crippen MR) is 329 cm³/mol. The van der Waals surface area contributed by atoms with Crippen LogP contribution in [0, 0.1) is 11.6 Å². The number of halogens is 2. The highest BCUT2D eigenvalue weighted by atomic mass is 32.2. The maximum Gasteiger partial charge on any atom is 0.221 e. The Bertz CT molecular complexity index is 3820. The van der Waals surface area contributed by atoms with Gasteiger partial charge in [-0.3, -0.25) is 19.4 Å². The molecule has 2 saturated carbocycles. The van der Waals surface area contributed by atoms with Gasteiger partial charge < -0.3 is 19.3 Å². The van der Waals surface area contributed by atoms with Crippen molar-refractivity contribution in [1.29, 1.82) is 0 Å². The highest BCUT2D eigenvalue weighted by Gasteiger charge is 2.36. The van der Waals surface area contributed by atoms with Crippen LogP contribution in [0.25, 0.3) is 33.4 Å². The topological polar surface area (TPSA) is 211 Å². The summed E-state index contributed by atoms with van der Waals surface area (Å²) in [6, 6.07) is 25.9. The normalized spacial score (nSPS) is 19.1. The Kier molecular flexibility index (Phi) is 18.3. The van der Waals surface area contributed by atoms with Crippen LogP contribution < -0.4 is 14.5 Å². The number of aromatic nitrogens is 6. The van der Waals surface area contributed by atoms with Gasteiger partial charge in [-0.25, -0.2) is 54.0 Å². The third-order valence-corrected chi connectivity index (χ3v) is 21.4. The van der Waals surface area contributed by atoms with Gasteiger partial charge in [0.05, 0.1) is 71.3 Å².